The van der Waals surface area contributed by atoms with Crippen molar-refractivity contribution in [2.45, 2.75) is 10.1 Å². The average molecular weight is 281 g/mol. The van der Waals surface area contributed by atoms with Gasteiger partial charge in [0.1, 0.15) is 6.33 Å². The van der Waals surface area contributed by atoms with Crippen LogP contribution in [-0.2, 0) is 0 Å². The van der Waals surface area contributed by atoms with Gasteiger partial charge in [-0.15, -0.1) is 10.2 Å². The van der Waals surface area contributed by atoms with Crippen LogP contribution in [0.25, 0.3) is 0 Å². The Morgan fingerprint density at radius 1 is 1.53 bits per heavy atom. The first kappa shape index (κ1) is 12.8. The fraction of sp³-hybridized carbons (Fsp3) is 0. The van der Waals surface area contributed by atoms with Crippen LogP contribution in [0.1, 0.15) is 10.4 Å². The lowest BCUT2D eigenvalue weighted by atomic mass is 10.2. The van der Waals surface area contributed by atoms with Gasteiger partial charge in [0, 0.05) is 17.0 Å². The van der Waals surface area contributed by atoms with Crippen molar-refractivity contribution in [3.8, 4) is 0 Å². The number of hydrogen-bond donors (Lipinski definition) is 2. The number of carboxylic acid groups (broad SMARTS) is 1. The Balaban J connectivity index is 2.43. The lowest BCUT2D eigenvalue weighted by Gasteiger charge is -2.04. The molecule has 0 saturated carbocycles. The fourth-order valence-electron chi connectivity index (χ4n) is 1.29. The minimum absolute atomic E-state index is 0.192. The second-order valence-corrected chi connectivity index (χ2v) is 4.37. The van der Waals surface area contributed by atoms with Crippen LogP contribution in [0.2, 0.25) is 0 Å². The molecule has 0 amide bonds. The summed E-state index contributed by atoms with van der Waals surface area (Å²) in [5.74, 6) is 4.24. The molecule has 0 aliphatic carbocycles. The molecule has 2 rings (SSSR count). The summed E-state index contributed by atoms with van der Waals surface area (Å²) in [6.45, 7) is 0. The largest absolute Gasteiger partial charge is 0.478 e. The van der Waals surface area contributed by atoms with E-state index in [4.69, 9.17) is 10.9 Å². The summed E-state index contributed by atoms with van der Waals surface area (Å²) in [7, 11) is 0. The van der Waals surface area contributed by atoms with Gasteiger partial charge in [0.25, 0.3) is 5.69 Å². The minimum atomic E-state index is -1.27. The summed E-state index contributed by atoms with van der Waals surface area (Å²) in [5.41, 5.74) is -0.488. The number of nitro benzene ring substituents is 1. The summed E-state index contributed by atoms with van der Waals surface area (Å²) in [6.07, 6.45) is 1.26. The molecule has 0 atom stereocenters. The zero-order valence-corrected chi connectivity index (χ0v) is 10.1. The Morgan fingerprint density at radius 3 is 2.79 bits per heavy atom. The van der Waals surface area contributed by atoms with E-state index in [9.17, 15) is 14.9 Å². The number of hydrogen-bond acceptors (Lipinski definition) is 7. The molecule has 0 saturated heterocycles. The van der Waals surface area contributed by atoms with Crippen molar-refractivity contribution in [3.05, 3.63) is 40.2 Å². The number of nitrogens with zero attached hydrogens (tertiary/aromatic N) is 4. The van der Waals surface area contributed by atoms with Crippen molar-refractivity contribution >= 4 is 23.4 Å². The van der Waals surface area contributed by atoms with Crippen LogP contribution in [0.4, 0.5) is 5.69 Å². The van der Waals surface area contributed by atoms with Gasteiger partial charge < -0.3 is 10.9 Å². The smallest absolute Gasteiger partial charge is 0.337 e. The summed E-state index contributed by atoms with van der Waals surface area (Å²) in [6, 6.07) is 3.54. The van der Waals surface area contributed by atoms with E-state index in [1.165, 1.54) is 18.5 Å². The third kappa shape index (κ3) is 2.63. The lowest BCUT2D eigenvalue weighted by Crippen LogP contribution is -2.08. The molecule has 0 radical (unpaired) electrons. The maximum absolute atomic E-state index is 11.1. The number of non-ortho nitro benzene ring substituents is 1. The maximum atomic E-state index is 11.1. The van der Waals surface area contributed by atoms with Gasteiger partial charge in [0.2, 0.25) is 5.16 Å². The van der Waals surface area contributed by atoms with E-state index in [0.717, 1.165) is 22.5 Å². The molecule has 3 N–H and O–H groups in total. The van der Waals surface area contributed by atoms with E-state index < -0.39 is 10.9 Å². The Morgan fingerprint density at radius 2 is 2.26 bits per heavy atom. The SMILES string of the molecule is Nn1cnnc1Sc1ccc([N+](=O)[O-])cc1C(=O)O. The Hall–Kier alpha value is -2.62. The highest BCUT2D eigenvalue weighted by Crippen LogP contribution is 2.30. The first-order valence-electron chi connectivity index (χ1n) is 4.83. The predicted molar refractivity (Wildman–Crippen MR) is 64.4 cm³/mol. The average Bonchev–Trinajstić information content (AvgIpc) is 2.75. The van der Waals surface area contributed by atoms with Gasteiger partial charge in [0.05, 0.1) is 10.5 Å². The Bertz CT molecular complexity index is 656. The number of benzene rings is 1. The van der Waals surface area contributed by atoms with E-state index >= 15 is 0 Å². The number of rotatable bonds is 4. The summed E-state index contributed by atoms with van der Waals surface area (Å²) in [5, 5.41) is 27.2. The molecule has 0 aliphatic heterocycles. The van der Waals surface area contributed by atoms with Crippen LogP contribution in [0.15, 0.2) is 34.6 Å². The van der Waals surface area contributed by atoms with Gasteiger partial charge in [-0.2, -0.15) is 0 Å². The van der Waals surface area contributed by atoms with Crippen molar-refractivity contribution in [1.29, 1.82) is 0 Å². The molecule has 1 aromatic heterocycles. The van der Waals surface area contributed by atoms with Crippen LogP contribution in [0, 0.1) is 10.1 Å². The van der Waals surface area contributed by atoms with Crippen LogP contribution in [0.3, 0.4) is 0 Å². The second kappa shape index (κ2) is 4.94. The van der Waals surface area contributed by atoms with Crippen molar-refractivity contribution in [3.63, 3.8) is 0 Å². The number of carbonyl (C=O) groups is 1. The van der Waals surface area contributed by atoms with Crippen molar-refractivity contribution in [2.24, 2.45) is 0 Å². The summed E-state index contributed by atoms with van der Waals surface area (Å²) in [4.78, 5) is 21.3. The fourth-order valence-corrected chi connectivity index (χ4v) is 2.12. The zero-order chi connectivity index (χ0) is 14.0. The number of nitrogens with two attached hydrogens (primary N) is 1. The third-order valence-electron chi connectivity index (χ3n) is 2.15. The quantitative estimate of drug-likeness (QED) is 0.475. The van der Waals surface area contributed by atoms with Crippen molar-refractivity contribution < 1.29 is 14.8 Å². The molecule has 1 aromatic carbocycles. The first-order valence-corrected chi connectivity index (χ1v) is 5.65. The van der Waals surface area contributed by atoms with Crippen molar-refractivity contribution in [1.82, 2.24) is 14.9 Å². The number of nitrogen functional groups attached to an aromatic ring is 1. The molecule has 0 fully saturated rings. The molecular weight excluding hydrogens is 274 g/mol. The van der Waals surface area contributed by atoms with Crippen LogP contribution in [0.5, 0.6) is 0 Å². The van der Waals surface area contributed by atoms with Gasteiger partial charge in [-0.3, -0.25) is 10.1 Å². The van der Waals surface area contributed by atoms with Gasteiger partial charge in [-0.05, 0) is 17.8 Å². The first-order chi connectivity index (χ1) is 8.99. The monoisotopic (exact) mass is 281 g/mol. The molecule has 19 heavy (non-hydrogen) atoms. The number of aromatic carboxylic acids is 1. The zero-order valence-electron chi connectivity index (χ0n) is 9.26. The molecule has 0 aliphatic rings. The molecule has 1 heterocycles. The second-order valence-electron chi connectivity index (χ2n) is 3.37. The van der Waals surface area contributed by atoms with Gasteiger partial charge in [-0.25, -0.2) is 9.47 Å². The molecule has 0 unspecified atom stereocenters. The molecular formula is C9H7N5O4S. The Kier molecular flexibility index (Phi) is 3.33. The van der Waals surface area contributed by atoms with E-state index in [1.54, 1.807) is 0 Å². The highest BCUT2D eigenvalue weighted by Gasteiger charge is 2.18. The number of nitro groups is 1. The topological polar surface area (TPSA) is 137 Å². The maximum Gasteiger partial charge on any atom is 0.337 e. The van der Waals surface area contributed by atoms with Gasteiger partial charge in [0.15, 0.2) is 0 Å². The molecule has 9 nitrogen and oxygen atoms in total. The molecule has 98 valence electrons. The molecule has 0 bridgehead atoms. The van der Waals surface area contributed by atoms with Gasteiger partial charge in [-0.1, -0.05) is 0 Å². The standard InChI is InChI=1S/C9H7N5O4S/c10-13-4-11-12-9(13)19-7-2-1-5(14(17)18)3-6(7)8(15)16/h1-4H,10H2,(H,15,16). The number of carboxylic acids is 1. The Labute approximate surface area is 110 Å². The molecule has 0 spiro atoms. The van der Waals surface area contributed by atoms with E-state index in [1.807, 2.05) is 0 Å². The van der Waals surface area contributed by atoms with E-state index in [2.05, 4.69) is 10.2 Å². The summed E-state index contributed by atoms with van der Waals surface area (Å²) < 4.78 is 1.12. The predicted octanol–water partition coefficient (Wildman–Crippen LogP) is 0.749. The minimum Gasteiger partial charge on any atom is -0.478 e. The highest BCUT2D eigenvalue weighted by molar-refractivity contribution is 7.99. The molecule has 10 heteroatoms. The number of aromatic nitrogens is 3. The molecule has 2 aromatic rings. The highest BCUT2D eigenvalue weighted by atomic mass is 32.2. The van der Waals surface area contributed by atoms with Gasteiger partial charge >= 0.3 is 5.97 Å². The van der Waals surface area contributed by atoms with E-state index in [-0.39, 0.29) is 21.3 Å². The van der Waals surface area contributed by atoms with Crippen LogP contribution >= 0.6 is 11.8 Å². The lowest BCUT2D eigenvalue weighted by molar-refractivity contribution is -0.384. The van der Waals surface area contributed by atoms with Crippen LogP contribution < -0.4 is 5.84 Å². The third-order valence-corrected chi connectivity index (χ3v) is 3.20. The van der Waals surface area contributed by atoms with Crippen molar-refractivity contribution in [2.75, 3.05) is 5.84 Å². The van der Waals surface area contributed by atoms with Crippen LogP contribution in [-0.4, -0.2) is 30.9 Å². The summed E-state index contributed by atoms with van der Waals surface area (Å²) >= 11 is 0.957. The van der Waals surface area contributed by atoms with E-state index in [0.29, 0.717) is 0 Å². The normalized spacial score (nSPS) is 10.3.